The van der Waals surface area contributed by atoms with Crippen LogP contribution in [0.4, 0.5) is 0 Å². The van der Waals surface area contributed by atoms with E-state index in [4.69, 9.17) is 12.2 Å². The summed E-state index contributed by atoms with van der Waals surface area (Å²) >= 11 is 5.25. The molecule has 1 aliphatic carbocycles. The minimum Gasteiger partial charge on any atom is -0.494 e. The highest BCUT2D eigenvalue weighted by Crippen LogP contribution is 2.31. The average molecular weight is 338 g/mol. The van der Waals surface area contributed by atoms with Gasteiger partial charge >= 0.3 is 0 Å². The Morgan fingerprint density at radius 2 is 2.09 bits per heavy atom. The van der Waals surface area contributed by atoms with Gasteiger partial charge in [-0.25, -0.2) is 0 Å². The Morgan fingerprint density at radius 3 is 2.74 bits per heavy atom. The van der Waals surface area contributed by atoms with E-state index in [-0.39, 0.29) is 23.0 Å². The number of nitrogens with one attached hydrogen (secondary N) is 1. The maximum absolute atomic E-state index is 12.1. The first-order chi connectivity index (χ1) is 11.0. The van der Waals surface area contributed by atoms with Gasteiger partial charge in [0.25, 0.3) is 5.56 Å². The van der Waals surface area contributed by atoms with Crippen LogP contribution in [-0.4, -0.2) is 53.0 Å². The molecule has 0 amide bonds. The second-order valence-electron chi connectivity index (χ2n) is 6.35. The van der Waals surface area contributed by atoms with E-state index in [0.717, 1.165) is 38.6 Å². The summed E-state index contributed by atoms with van der Waals surface area (Å²) in [7, 11) is 4.02. The number of hydrogen-bond donors (Lipinski definition) is 2. The lowest BCUT2D eigenvalue weighted by atomic mass is 9.95. The lowest BCUT2D eigenvalue weighted by Crippen LogP contribution is -2.23. The Balaban J connectivity index is 2.20. The van der Waals surface area contributed by atoms with Gasteiger partial charge in [0.05, 0.1) is 0 Å². The number of nitrogens with zero attached hydrogens (tertiary/aromatic N) is 3. The van der Waals surface area contributed by atoms with Crippen molar-refractivity contribution in [2.24, 2.45) is 4.99 Å². The third-order valence-electron chi connectivity index (χ3n) is 4.21. The van der Waals surface area contributed by atoms with Gasteiger partial charge < -0.3 is 10.0 Å². The lowest BCUT2D eigenvalue weighted by molar-refractivity contribution is 0.303. The largest absolute Gasteiger partial charge is 0.494 e. The molecule has 0 radical (unpaired) electrons. The van der Waals surface area contributed by atoms with Crippen molar-refractivity contribution in [1.29, 1.82) is 0 Å². The van der Waals surface area contributed by atoms with Crippen LogP contribution in [0.5, 0.6) is 5.88 Å². The second-order valence-corrected chi connectivity index (χ2v) is 6.74. The van der Waals surface area contributed by atoms with E-state index >= 15 is 0 Å². The Bertz CT molecular complexity index is 657. The zero-order valence-electron chi connectivity index (χ0n) is 13.9. The maximum atomic E-state index is 12.1. The van der Waals surface area contributed by atoms with Crippen molar-refractivity contribution in [1.82, 2.24) is 14.5 Å². The lowest BCUT2D eigenvalue weighted by Gasteiger charge is -2.25. The van der Waals surface area contributed by atoms with E-state index in [2.05, 4.69) is 14.9 Å². The number of H-pyrrole nitrogens is 1. The highest BCUT2D eigenvalue weighted by Gasteiger charge is 2.20. The van der Waals surface area contributed by atoms with Crippen LogP contribution in [-0.2, 0) is 0 Å². The maximum Gasteiger partial charge on any atom is 0.264 e. The fourth-order valence-electron chi connectivity index (χ4n) is 2.98. The first-order valence-corrected chi connectivity index (χ1v) is 8.64. The first-order valence-electron chi connectivity index (χ1n) is 8.23. The summed E-state index contributed by atoms with van der Waals surface area (Å²) in [6.07, 6.45) is 7.80. The molecule has 23 heavy (non-hydrogen) atoms. The van der Waals surface area contributed by atoms with Crippen LogP contribution < -0.4 is 5.56 Å². The van der Waals surface area contributed by atoms with E-state index in [9.17, 15) is 9.90 Å². The normalized spacial score (nSPS) is 16.5. The second kappa shape index (κ2) is 8.40. The van der Waals surface area contributed by atoms with Gasteiger partial charge in [-0.2, -0.15) is 0 Å². The molecule has 1 aliphatic rings. The monoisotopic (exact) mass is 338 g/mol. The summed E-state index contributed by atoms with van der Waals surface area (Å²) < 4.78 is 1.99. The summed E-state index contributed by atoms with van der Waals surface area (Å²) in [6.45, 7) is 1.56. The number of aromatic hydroxyl groups is 1. The van der Waals surface area contributed by atoms with Crippen molar-refractivity contribution in [2.45, 2.75) is 44.6 Å². The molecular formula is C16H26N4O2S. The standard InChI is InChI=1S/C16H26N4O2S/c1-19(2)10-6-9-17-11-13-14(21)18-16(23)20(15(13)22)12-7-4-3-5-8-12/h11-12,22H,3-10H2,1-2H3,(H,18,21,23). The third kappa shape index (κ3) is 4.75. The molecule has 1 saturated carbocycles. The molecule has 1 aromatic rings. The van der Waals surface area contributed by atoms with Crippen molar-refractivity contribution in [3.63, 3.8) is 0 Å². The summed E-state index contributed by atoms with van der Waals surface area (Å²) in [5.41, 5.74) is -0.176. The average Bonchev–Trinajstić information content (AvgIpc) is 2.50. The van der Waals surface area contributed by atoms with Crippen molar-refractivity contribution < 1.29 is 5.11 Å². The van der Waals surface area contributed by atoms with E-state index in [1.807, 2.05) is 14.1 Å². The Morgan fingerprint density at radius 1 is 1.39 bits per heavy atom. The van der Waals surface area contributed by atoms with Gasteiger partial charge in [-0.3, -0.25) is 19.3 Å². The number of hydrogen-bond acceptors (Lipinski definition) is 5. The zero-order chi connectivity index (χ0) is 16.8. The third-order valence-corrected chi connectivity index (χ3v) is 4.50. The molecule has 128 valence electrons. The van der Waals surface area contributed by atoms with Gasteiger partial charge in [0.1, 0.15) is 5.56 Å². The molecule has 0 atom stereocenters. The molecule has 0 aliphatic heterocycles. The summed E-state index contributed by atoms with van der Waals surface area (Å²) in [4.78, 5) is 21.1. The molecule has 0 saturated heterocycles. The molecule has 2 rings (SSSR count). The Labute approximate surface area is 141 Å². The van der Waals surface area contributed by atoms with Crippen LogP contribution in [0.2, 0.25) is 0 Å². The number of rotatable bonds is 6. The van der Waals surface area contributed by atoms with Crippen LogP contribution in [0.3, 0.4) is 0 Å². The van der Waals surface area contributed by atoms with Crippen molar-refractivity contribution in [2.75, 3.05) is 27.2 Å². The zero-order valence-corrected chi connectivity index (χ0v) is 14.7. The predicted molar refractivity (Wildman–Crippen MR) is 95.3 cm³/mol. The highest BCUT2D eigenvalue weighted by molar-refractivity contribution is 7.71. The summed E-state index contributed by atoms with van der Waals surface area (Å²) in [5.74, 6) is -0.0537. The van der Waals surface area contributed by atoms with Crippen molar-refractivity contribution in [3.8, 4) is 5.88 Å². The molecular weight excluding hydrogens is 312 g/mol. The smallest absolute Gasteiger partial charge is 0.264 e. The molecule has 2 N–H and O–H groups in total. The fraction of sp³-hybridized carbons (Fsp3) is 0.688. The van der Waals surface area contributed by atoms with E-state index < -0.39 is 0 Å². The Hall–Kier alpha value is -1.47. The molecule has 1 aromatic heterocycles. The van der Waals surface area contributed by atoms with Crippen LogP contribution in [0, 0.1) is 4.77 Å². The molecule has 0 spiro atoms. The van der Waals surface area contributed by atoms with Gasteiger partial charge in [-0.1, -0.05) is 19.3 Å². The molecule has 7 heteroatoms. The minimum atomic E-state index is -0.379. The van der Waals surface area contributed by atoms with Gasteiger partial charge in [0.15, 0.2) is 4.77 Å². The Kier molecular flexibility index (Phi) is 6.53. The topological polar surface area (TPSA) is 73.6 Å². The van der Waals surface area contributed by atoms with Crippen LogP contribution >= 0.6 is 12.2 Å². The molecule has 1 fully saturated rings. The van der Waals surface area contributed by atoms with E-state index in [1.54, 1.807) is 4.57 Å². The molecule has 0 unspecified atom stereocenters. The van der Waals surface area contributed by atoms with Gasteiger partial charge in [0, 0.05) is 18.8 Å². The van der Waals surface area contributed by atoms with Gasteiger partial charge in [-0.15, -0.1) is 0 Å². The SMILES string of the molecule is CN(C)CCCN=Cc1c(O)n(C2CCCCC2)c(=S)[nH]c1=O. The fourth-order valence-corrected chi connectivity index (χ4v) is 3.31. The first kappa shape index (κ1) is 17.9. The number of aliphatic imine (C=N–C) groups is 1. The molecule has 1 heterocycles. The summed E-state index contributed by atoms with van der Waals surface area (Å²) in [5, 5.41) is 10.5. The van der Waals surface area contributed by atoms with Crippen molar-refractivity contribution in [3.05, 3.63) is 20.7 Å². The molecule has 6 nitrogen and oxygen atoms in total. The van der Waals surface area contributed by atoms with Gasteiger partial charge in [0.2, 0.25) is 5.88 Å². The predicted octanol–water partition coefficient (Wildman–Crippen LogP) is 2.49. The van der Waals surface area contributed by atoms with Gasteiger partial charge in [-0.05, 0) is 52.1 Å². The van der Waals surface area contributed by atoms with Crippen LogP contribution in [0.25, 0.3) is 0 Å². The van der Waals surface area contributed by atoms with Crippen LogP contribution in [0.1, 0.15) is 50.1 Å². The van der Waals surface area contributed by atoms with Crippen LogP contribution in [0.15, 0.2) is 9.79 Å². The quantitative estimate of drug-likeness (QED) is 0.475. The number of aromatic nitrogens is 2. The molecule has 0 bridgehead atoms. The number of aromatic amines is 1. The van der Waals surface area contributed by atoms with E-state index in [1.165, 1.54) is 12.6 Å². The summed E-state index contributed by atoms with van der Waals surface area (Å²) in [6, 6.07) is 0.161. The van der Waals surface area contributed by atoms with E-state index in [0.29, 0.717) is 11.3 Å². The highest BCUT2D eigenvalue weighted by atomic mass is 32.1. The minimum absolute atomic E-state index is 0.0537. The molecule has 0 aromatic carbocycles. The van der Waals surface area contributed by atoms with Crippen molar-refractivity contribution >= 4 is 18.4 Å².